The molecule has 3 aromatic heterocycles. The Kier molecular flexibility index (Phi) is 5.76. The molecular formula is C20H16F2N6O2S. The maximum atomic E-state index is 15.0. The van der Waals surface area contributed by atoms with Crippen molar-refractivity contribution in [2.75, 3.05) is 10.5 Å². The fraction of sp³-hybridized carbons (Fsp3) is 0.150. The van der Waals surface area contributed by atoms with Crippen molar-refractivity contribution in [1.82, 2.24) is 25.1 Å². The molecule has 158 valence electrons. The SMILES string of the molecule is CCCSNc1c(F)ccc(C(=O)c2[nH]nc3ncc(-c4cnc(=O)[nH]c4)cc23)c1F. The van der Waals surface area contributed by atoms with Crippen LogP contribution in [-0.4, -0.2) is 36.7 Å². The molecule has 8 nitrogen and oxygen atoms in total. The van der Waals surface area contributed by atoms with E-state index in [2.05, 4.69) is 29.9 Å². The maximum Gasteiger partial charge on any atom is 0.344 e. The minimum absolute atomic E-state index is 0.0133. The van der Waals surface area contributed by atoms with Gasteiger partial charge in [-0.1, -0.05) is 18.9 Å². The van der Waals surface area contributed by atoms with Crippen LogP contribution in [0.3, 0.4) is 0 Å². The largest absolute Gasteiger partial charge is 0.344 e. The number of carbonyl (C=O) groups excluding carboxylic acids is 1. The molecule has 0 saturated heterocycles. The Bertz CT molecular complexity index is 1320. The Hall–Kier alpha value is -3.60. The summed E-state index contributed by atoms with van der Waals surface area (Å²) in [6, 6.07) is 3.77. The van der Waals surface area contributed by atoms with Crippen LogP contribution in [-0.2, 0) is 0 Å². The number of carbonyl (C=O) groups is 1. The molecule has 0 radical (unpaired) electrons. The van der Waals surface area contributed by atoms with Crippen molar-refractivity contribution in [3.63, 3.8) is 0 Å². The molecule has 0 fully saturated rings. The molecule has 4 aromatic rings. The van der Waals surface area contributed by atoms with Crippen LogP contribution in [0.25, 0.3) is 22.2 Å². The Morgan fingerprint density at radius 2 is 2.00 bits per heavy atom. The topological polar surface area (TPSA) is 116 Å². The van der Waals surface area contributed by atoms with E-state index in [4.69, 9.17) is 0 Å². The van der Waals surface area contributed by atoms with E-state index in [1.165, 1.54) is 18.6 Å². The first kappa shape index (κ1) is 20.7. The molecule has 0 bridgehead atoms. The zero-order chi connectivity index (χ0) is 22.0. The first-order valence-electron chi connectivity index (χ1n) is 9.29. The molecule has 0 unspecified atom stereocenters. The molecule has 0 amide bonds. The molecule has 31 heavy (non-hydrogen) atoms. The number of hydrogen-bond donors (Lipinski definition) is 3. The van der Waals surface area contributed by atoms with Crippen molar-refractivity contribution in [3.8, 4) is 11.1 Å². The number of nitrogens with one attached hydrogen (secondary N) is 3. The molecule has 0 atom stereocenters. The van der Waals surface area contributed by atoms with Crippen molar-refractivity contribution >= 4 is 34.5 Å². The summed E-state index contributed by atoms with van der Waals surface area (Å²) < 4.78 is 31.7. The second-order valence-corrected chi connectivity index (χ2v) is 7.47. The van der Waals surface area contributed by atoms with Gasteiger partial charge in [0, 0.05) is 35.5 Å². The molecule has 11 heteroatoms. The number of fused-ring (bicyclic) bond motifs is 1. The molecule has 0 aliphatic rings. The van der Waals surface area contributed by atoms with E-state index >= 15 is 0 Å². The van der Waals surface area contributed by atoms with Crippen LogP contribution in [0.2, 0.25) is 0 Å². The number of aromatic nitrogens is 5. The standard InChI is InChI=1S/C20H16F2N6O2S/c1-2-5-31-28-17-14(21)4-3-12(15(17)22)18(29)16-13-6-10(7-23-19(13)27-26-16)11-8-24-20(30)25-9-11/h3-4,6-9,28H,2,5H2,1H3,(H,23,26,27)(H,24,25,30). The van der Waals surface area contributed by atoms with Crippen LogP contribution >= 0.6 is 11.9 Å². The number of rotatable bonds is 7. The number of hydrogen-bond acceptors (Lipinski definition) is 7. The van der Waals surface area contributed by atoms with E-state index in [1.54, 1.807) is 6.07 Å². The summed E-state index contributed by atoms with van der Waals surface area (Å²) in [6.07, 6.45) is 5.16. The predicted octanol–water partition coefficient (Wildman–Crippen LogP) is 3.69. The fourth-order valence-electron chi connectivity index (χ4n) is 2.91. The fourth-order valence-corrected chi connectivity index (χ4v) is 3.55. The number of benzene rings is 1. The van der Waals surface area contributed by atoms with Gasteiger partial charge in [0.15, 0.2) is 11.5 Å². The summed E-state index contributed by atoms with van der Waals surface area (Å²) in [5.41, 5.74) is 0.244. The zero-order valence-electron chi connectivity index (χ0n) is 16.2. The van der Waals surface area contributed by atoms with Crippen molar-refractivity contribution < 1.29 is 13.6 Å². The van der Waals surface area contributed by atoms with Crippen LogP contribution < -0.4 is 10.4 Å². The molecule has 1 aromatic carbocycles. The molecule has 0 spiro atoms. The Balaban J connectivity index is 1.74. The lowest BCUT2D eigenvalue weighted by Gasteiger charge is -2.10. The Morgan fingerprint density at radius 3 is 2.74 bits per heavy atom. The summed E-state index contributed by atoms with van der Waals surface area (Å²) in [6.45, 7) is 1.94. The molecule has 3 heterocycles. The molecule has 3 N–H and O–H groups in total. The molecule has 0 aliphatic heterocycles. The predicted molar refractivity (Wildman–Crippen MR) is 114 cm³/mol. The Morgan fingerprint density at radius 1 is 1.19 bits per heavy atom. The normalized spacial score (nSPS) is 11.1. The second kappa shape index (κ2) is 8.64. The number of ketones is 1. The minimum atomic E-state index is -0.981. The molecule has 0 saturated carbocycles. The van der Waals surface area contributed by atoms with Crippen molar-refractivity contribution in [1.29, 1.82) is 0 Å². The van der Waals surface area contributed by atoms with Gasteiger partial charge in [-0.15, -0.1) is 0 Å². The van der Waals surface area contributed by atoms with Crippen molar-refractivity contribution in [2.24, 2.45) is 0 Å². The number of pyridine rings is 1. The van der Waals surface area contributed by atoms with Gasteiger partial charge in [-0.2, -0.15) is 5.10 Å². The summed E-state index contributed by atoms with van der Waals surface area (Å²) in [5, 5.41) is 6.94. The summed E-state index contributed by atoms with van der Waals surface area (Å²) in [5.74, 6) is -1.81. The van der Waals surface area contributed by atoms with E-state index in [9.17, 15) is 18.4 Å². The van der Waals surface area contributed by atoms with Gasteiger partial charge in [0.2, 0.25) is 5.78 Å². The van der Waals surface area contributed by atoms with Crippen LogP contribution in [0, 0.1) is 11.6 Å². The quantitative estimate of drug-likeness (QED) is 0.227. The number of anilines is 1. The zero-order valence-corrected chi connectivity index (χ0v) is 17.0. The van der Waals surface area contributed by atoms with Crippen LogP contribution in [0.4, 0.5) is 14.5 Å². The molecule has 0 aliphatic carbocycles. The highest BCUT2D eigenvalue weighted by atomic mass is 32.2. The maximum absolute atomic E-state index is 15.0. The van der Waals surface area contributed by atoms with E-state index in [0.29, 0.717) is 22.3 Å². The summed E-state index contributed by atoms with van der Waals surface area (Å²) in [4.78, 5) is 34.6. The highest BCUT2D eigenvalue weighted by Crippen LogP contribution is 2.29. The average molecular weight is 442 g/mol. The third-order valence-corrected chi connectivity index (χ3v) is 5.42. The van der Waals surface area contributed by atoms with Gasteiger partial charge in [0.05, 0.1) is 10.9 Å². The van der Waals surface area contributed by atoms with E-state index in [-0.39, 0.29) is 22.6 Å². The average Bonchev–Trinajstić information content (AvgIpc) is 3.19. The van der Waals surface area contributed by atoms with Gasteiger partial charge >= 0.3 is 5.69 Å². The molecule has 4 rings (SSSR count). The highest BCUT2D eigenvalue weighted by Gasteiger charge is 2.23. The smallest absolute Gasteiger partial charge is 0.325 e. The van der Waals surface area contributed by atoms with Gasteiger partial charge < -0.3 is 9.71 Å². The van der Waals surface area contributed by atoms with Gasteiger partial charge in [0.25, 0.3) is 0 Å². The monoisotopic (exact) mass is 442 g/mol. The minimum Gasteiger partial charge on any atom is -0.325 e. The number of nitrogens with zero attached hydrogens (tertiary/aromatic N) is 3. The number of aromatic amines is 2. The second-order valence-electron chi connectivity index (χ2n) is 6.56. The van der Waals surface area contributed by atoms with E-state index < -0.39 is 23.1 Å². The first-order chi connectivity index (χ1) is 15.0. The van der Waals surface area contributed by atoms with Gasteiger partial charge in [-0.25, -0.2) is 23.5 Å². The van der Waals surface area contributed by atoms with Gasteiger partial charge in [-0.05, 0) is 24.6 Å². The van der Waals surface area contributed by atoms with Crippen LogP contribution in [0.15, 0.2) is 41.6 Å². The lowest BCUT2D eigenvalue weighted by molar-refractivity contribution is 0.103. The lowest BCUT2D eigenvalue weighted by atomic mass is 10.0. The Labute approximate surface area is 178 Å². The number of H-pyrrole nitrogens is 2. The third-order valence-electron chi connectivity index (χ3n) is 4.46. The first-order valence-corrected chi connectivity index (χ1v) is 10.3. The third kappa shape index (κ3) is 4.04. The summed E-state index contributed by atoms with van der Waals surface area (Å²) >= 11 is 1.15. The number of halogens is 2. The van der Waals surface area contributed by atoms with Crippen molar-refractivity contribution in [3.05, 3.63) is 70.2 Å². The lowest BCUT2D eigenvalue weighted by Crippen LogP contribution is -2.09. The molecular weight excluding hydrogens is 426 g/mol. The van der Waals surface area contributed by atoms with Gasteiger partial charge in [0.1, 0.15) is 17.2 Å². The van der Waals surface area contributed by atoms with E-state index in [1.807, 2.05) is 6.92 Å². The summed E-state index contributed by atoms with van der Waals surface area (Å²) in [7, 11) is 0. The highest BCUT2D eigenvalue weighted by molar-refractivity contribution is 8.00. The van der Waals surface area contributed by atoms with Crippen molar-refractivity contribution in [2.45, 2.75) is 13.3 Å². The van der Waals surface area contributed by atoms with Gasteiger partial charge in [-0.3, -0.25) is 9.89 Å². The van der Waals surface area contributed by atoms with E-state index in [0.717, 1.165) is 30.5 Å². The van der Waals surface area contributed by atoms with Crippen LogP contribution in [0.1, 0.15) is 29.4 Å². The van der Waals surface area contributed by atoms with Crippen LogP contribution in [0.5, 0.6) is 0 Å².